The van der Waals surface area contributed by atoms with Crippen LogP contribution < -0.4 is 10.3 Å². The summed E-state index contributed by atoms with van der Waals surface area (Å²) < 4.78 is 5.86. The largest absolute Gasteiger partial charge is 0.456 e. The number of benzene rings is 1. The van der Waals surface area contributed by atoms with Gasteiger partial charge < -0.3 is 9.72 Å². The van der Waals surface area contributed by atoms with Crippen LogP contribution in [0.5, 0.6) is 11.5 Å². The first-order valence-corrected chi connectivity index (χ1v) is 6.78. The van der Waals surface area contributed by atoms with Crippen LogP contribution in [0.15, 0.2) is 35.8 Å². The Kier molecular flexibility index (Phi) is 4.52. The number of hydrogen-bond acceptors (Lipinski definition) is 2. The summed E-state index contributed by atoms with van der Waals surface area (Å²) in [6.45, 7) is 5.63. The van der Waals surface area contributed by atoms with Gasteiger partial charge in [0.05, 0.1) is 5.56 Å². The van der Waals surface area contributed by atoms with Crippen molar-refractivity contribution in [1.82, 2.24) is 4.98 Å². The van der Waals surface area contributed by atoms with Crippen LogP contribution in [0.1, 0.15) is 23.6 Å². The van der Waals surface area contributed by atoms with Crippen molar-refractivity contribution in [3.63, 3.8) is 0 Å². The molecule has 0 aliphatic carbocycles. The van der Waals surface area contributed by atoms with Crippen LogP contribution in [0.4, 0.5) is 0 Å². The number of pyridine rings is 1. The second-order valence-corrected chi connectivity index (χ2v) is 4.80. The Morgan fingerprint density at radius 2 is 2.24 bits per heavy atom. The molecular formula is C17H14ClNO2. The molecule has 0 bridgehead atoms. The molecule has 1 N–H and O–H groups in total. The van der Waals surface area contributed by atoms with Gasteiger partial charge >= 0.3 is 0 Å². The predicted molar refractivity (Wildman–Crippen MR) is 86.0 cm³/mol. The van der Waals surface area contributed by atoms with Crippen LogP contribution >= 0.6 is 11.6 Å². The van der Waals surface area contributed by atoms with Crippen molar-refractivity contribution in [2.45, 2.75) is 13.3 Å². The molecule has 0 spiro atoms. The molecule has 1 aromatic heterocycles. The monoisotopic (exact) mass is 299 g/mol. The van der Waals surface area contributed by atoms with Crippen molar-refractivity contribution in [1.29, 1.82) is 0 Å². The molecule has 0 radical (unpaired) electrons. The molecule has 0 aliphatic rings. The first-order chi connectivity index (χ1) is 10.1. The lowest BCUT2D eigenvalue weighted by Gasteiger charge is -2.13. The number of rotatable bonds is 4. The second-order valence-electron chi connectivity index (χ2n) is 4.37. The number of aryl methyl sites for hydroxylation is 1. The molecule has 0 saturated heterocycles. The fourth-order valence-electron chi connectivity index (χ4n) is 1.96. The van der Waals surface area contributed by atoms with E-state index < -0.39 is 0 Å². The molecule has 1 aromatic carbocycles. The van der Waals surface area contributed by atoms with Crippen molar-refractivity contribution < 1.29 is 4.74 Å². The van der Waals surface area contributed by atoms with E-state index in [0.717, 1.165) is 5.56 Å². The maximum absolute atomic E-state index is 11.9. The number of terminal acetylenes is 1. The molecule has 0 aliphatic heterocycles. The number of H-pyrrole nitrogens is 1. The van der Waals surface area contributed by atoms with E-state index in [9.17, 15) is 4.79 Å². The fraction of sp³-hybridized carbons (Fsp3) is 0.118. The molecule has 0 unspecified atom stereocenters. The van der Waals surface area contributed by atoms with Crippen LogP contribution in [0.25, 0.3) is 6.08 Å². The molecule has 0 amide bonds. The van der Waals surface area contributed by atoms with Gasteiger partial charge in [-0.2, -0.15) is 0 Å². The van der Waals surface area contributed by atoms with Gasteiger partial charge in [-0.15, -0.1) is 6.42 Å². The minimum Gasteiger partial charge on any atom is -0.456 e. The molecule has 0 fully saturated rings. The molecule has 1 heterocycles. The highest BCUT2D eigenvalue weighted by Gasteiger charge is 2.12. The van der Waals surface area contributed by atoms with Crippen LogP contribution in [0, 0.1) is 12.3 Å². The summed E-state index contributed by atoms with van der Waals surface area (Å²) in [6.07, 6.45) is 9.19. The summed E-state index contributed by atoms with van der Waals surface area (Å²) >= 11 is 6.01. The topological polar surface area (TPSA) is 42.1 Å². The Balaban J connectivity index is 2.56. The van der Waals surface area contributed by atoms with Crippen molar-refractivity contribution in [3.05, 3.63) is 63.0 Å². The number of ether oxygens (including phenoxy) is 1. The zero-order valence-electron chi connectivity index (χ0n) is 11.6. The van der Waals surface area contributed by atoms with Gasteiger partial charge in [0.15, 0.2) is 0 Å². The zero-order valence-corrected chi connectivity index (χ0v) is 12.3. The Morgan fingerprint density at radius 3 is 2.86 bits per heavy atom. The summed E-state index contributed by atoms with van der Waals surface area (Å²) in [7, 11) is 0. The highest BCUT2D eigenvalue weighted by Crippen LogP contribution is 2.30. The molecule has 4 heteroatoms. The smallest absolute Gasteiger partial charge is 0.258 e. The lowest BCUT2D eigenvalue weighted by atomic mass is 10.1. The van der Waals surface area contributed by atoms with E-state index in [-0.39, 0.29) is 5.56 Å². The molecular weight excluding hydrogens is 286 g/mol. The van der Waals surface area contributed by atoms with Gasteiger partial charge in [0.1, 0.15) is 11.5 Å². The van der Waals surface area contributed by atoms with E-state index in [4.69, 9.17) is 22.8 Å². The molecule has 2 aromatic rings. The van der Waals surface area contributed by atoms with Crippen LogP contribution in [-0.2, 0) is 6.42 Å². The minimum atomic E-state index is -0.253. The Bertz CT molecular complexity index is 784. The van der Waals surface area contributed by atoms with Gasteiger partial charge in [0, 0.05) is 22.3 Å². The van der Waals surface area contributed by atoms with Gasteiger partial charge in [-0.25, -0.2) is 0 Å². The average molecular weight is 300 g/mol. The number of aromatic nitrogens is 1. The van der Waals surface area contributed by atoms with E-state index in [2.05, 4.69) is 17.5 Å². The molecule has 0 saturated carbocycles. The standard InChI is InChI=1S/C17H14ClNO2/c1-4-11-7-13(18)9-14(8-11)21-16-12(5-2)10-19-17(20)15(16)6-3/h1,6-10H,3,5H2,2H3,(H,19,20). The quantitative estimate of drug-likeness (QED) is 0.867. The molecule has 0 atom stereocenters. The predicted octanol–water partition coefficient (Wildman–Crippen LogP) is 4.01. The number of aromatic amines is 1. The number of halogens is 1. The van der Waals surface area contributed by atoms with E-state index >= 15 is 0 Å². The first kappa shape index (κ1) is 15.0. The third-order valence-electron chi connectivity index (χ3n) is 3.00. The summed E-state index contributed by atoms with van der Waals surface area (Å²) in [6, 6.07) is 5.01. The van der Waals surface area contributed by atoms with E-state index in [1.54, 1.807) is 24.4 Å². The second kappa shape index (κ2) is 6.34. The average Bonchev–Trinajstić information content (AvgIpc) is 2.47. The van der Waals surface area contributed by atoms with Crippen molar-refractivity contribution in [2.75, 3.05) is 0 Å². The van der Waals surface area contributed by atoms with Gasteiger partial charge in [0.25, 0.3) is 5.56 Å². The summed E-state index contributed by atoms with van der Waals surface area (Å²) in [5.74, 6) is 3.47. The summed E-state index contributed by atoms with van der Waals surface area (Å²) in [5.41, 5.74) is 1.61. The van der Waals surface area contributed by atoms with Gasteiger partial charge in [-0.1, -0.05) is 37.1 Å². The van der Waals surface area contributed by atoms with Gasteiger partial charge in [-0.05, 0) is 24.6 Å². The first-order valence-electron chi connectivity index (χ1n) is 6.41. The summed E-state index contributed by atoms with van der Waals surface area (Å²) in [4.78, 5) is 14.5. The van der Waals surface area contributed by atoms with Crippen molar-refractivity contribution in [3.8, 4) is 23.8 Å². The Hall–Kier alpha value is -2.44. The third kappa shape index (κ3) is 3.18. The molecule has 106 valence electrons. The van der Waals surface area contributed by atoms with E-state index in [1.165, 1.54) is 6.08 Å². The van der Waals surface area contributed by atoms with E-state index in [0.29, 0.717) is 34.1 Å². The van der Waals surface area contributed by atoms with Crippen molar-refractivity contribution in [2.24, 2.45) is 0 Å². The summed E-state index contributed by atoms with van der Waals surface area (Å²) in [5, 5.41) is 0.475. The van der Waals surface area contributed by atoms with Crippen molar-refractivity contribution >= 4 is 17.7 Å². The molecule has 2 rings (SSSR count). The molecule has 3 nitrogen and oxygen atoms in total. The lowest BCUT2D eigenvalue weighted by Crippen LogP contribution is -2.12. The fourth-order valence-corrected chi connectivity index (χ4v) is 2.19. The molecule has 21 heavy (non-hydrogen) atoms. The lowest BCUT2D eigenvalue weighted by molar-refractivity contribution is 0.474. The normalized spacial score (nSPS) is 9.95. The van der Waals surface area contributed by atoms with Crippen LogP contribution in [0.3, 0.4) is 0 Å². The number of hydrogen-bond donors (Lipinski definition) is 1. The van der Waals surface area contributed by atoms with Gasteiger partial charge in [0.2, 0.25) is 0 Å². The van der Waals surface area contributed by atoms with E-state index in [1.807, 2.05) is 6.92 Å². The maximum Gasteiger partial charge on any atom is 0.258 e. The Morgan fingerprint density at radius 1 is 1.48 bits per heavy atom. The highest BCUT2D eigenvalue weighted by atomic mass is 35.5. The highest BCUT2D eigenvalue weighted by molar-refractivity contribution is 6.30. The van der Waals surface area contributed by atoms with Crippen LogP contribution in [0.2, 0.25) is 5.02 Å². The van der Waals surface area contributed by atoms with Gasteiger partial charge in [-0.3, -0.25) is 4.79 Å². The van der Waals surface area contributed by atoms with Crippen LogP contribution in [-0.4, -0.2) is 4.98 Å². The number of nitrogens with one attached hydrogen (secondary N) is 1. The Labute approximate surface area is 128 Å². The maximum atomic E-state index is 11.9. The zero-order chi connectivity index (χ0) is 15.4. The SMILES string of the molecule is C#Cc1cc(Cl)cc(Oc2c(CC)c[nH]c(=O)c2C=C)c1. The minimum absolute atomic E-state index is 0.253. The third-order valence-corrected chi connectivity index (χ3v) is 3.22.